The van der Waals surface area contributed by atoms with Crippen LogP contribution in [0.4, 0.5) is 0 Å². The van der Waals surface area contributed by atoms with Crippen LogP contribution < -0.4 is 0 Å². The maximum absolute atomic E-state index is 2.44. The van der Waals surface area contributed by atoms with Crippen LogP contribution in [0.1, 0.15) is 45.4 Å². The molecule has 0 N–H and O–H groups in total. The van der Waals surface area contributed by atoms with Gasteiger partial charge in [0.05, 0.1) is 0 Å². The molecule has 0 radical (unpaired) electrons. The highest BCUT2D eigenvalue weighted by Gasteiger charge is 2.25. The second-order valence-corrected chi connectivity index (χ2v) is 8.68. The minimum atomic E-state index is 1.08. The van der Waals surface area contributed by atoms with Crippen molar-refractivity contribution in [2.45, 2.75) is 45.4 Å². The van der Waals surface area contributed by atoms with Crippen LogP contribution in [0.25, 0.3) is 0 Å². The van der Waals surface area contributed by atoms with Gasteiger partial charge in [0.1, 0.15) is 0 Å². The molecular weight excluding hydrogens is 230 g/mol. The Labute approximate surface area is 105 Å². The van der Waals surface area contributed by atoms with Crippen LogP contribution in [0, 0.1) is 17.8 Å². The minimum absolute atomic E-state index is 1.08. The van der Waals surface area contributed by atoms with E-state index in [1.807, 2.05) is 0 Å². The molecule has 0 nitrogen and oxygen atoms in total. The lowest BCUT2D eigenvalue weighted by atomic mass is 9.78. The van der Waals surface area contributed by atoms with E-state index in [9.17, 15) is 0 Å². The van der Waals surface area contributed by atoms with Crippen LogP contribution in [0.5, 0.6) is 0 Å². The SMILES string of the molecule is CCC(CC1CCPCC1)C1CCPCC1. The lowest BCUT2D eigenvalue weighted by Gasteiger charge is -2.33. The van der Waals surface area contributed by atoms with E-state index in [1.54, 1.807) is 56.8 Å². The average Bonchev–Trinajstić information content (AvgIpc) is 2.38. The lowest BCUT2D eigenvalue weighted by Crippen LogP contribution is -2.23. The van der Waals surface area contributed by atoms with Crippen LogP contribution >= 0.6 is 17.2 Å². The molecule has 0 saturated carbocycles. The molecule has 2 aliphatic rings. The summed E-state index contributed by atoms with van der Waals surface area (Å²) in [4.78, 5) is 0. The molecule has 1 atom stereocenters. The summed E-state index contributed by atoms with van der Waals surface area (Å²) in [5.74, 6) is 3.29. The van der Waals surface area contributed by atoms with Gasteiger partial charge in [0.2, 0.25) is 0 Å². The summed E-state index contributed by atoms with van der Waals surface area (Å²) >= 11 is 0. The molecule has 0 amide bonds. The Morgan fingerprint density at radius 2 is 1.50 bits per heavy atom. The van der Waals surface area contributed by atoms with Gasteiger partial charge in [0.15, 0.2) is 0 Å². The Morgan fingerprint density at radius 3 is 2.06 bits per heavy atom. The van der Waals surface area contributed by atoms with Gasteiger partial charge in [-0.3, -0.25) is 0 Å². The lowest BCUT2D eigenvalue weighted by molar-refractivity contribution is 0.237. The van der Waals surface area contributed by atoms with Crippen molar-refractivity contribution >= 4 is 17.2 Å². The third-order valence-electron chi connectivity index (χ3n) is 4.67. The molecule has 2 heterocycles. The molecular formula is C14H28P2. The third-order valence-corrected chi connectivity index (χ3v) is 7.24. The number of rotatable bonds is 4. The molecule has 0 bridgehead atoms. The second-order valence-electron chi connectivity index (χ2n) is 5.68. The molecule has 0 spiro atoms. The zero-order valence-corrected chi connectivity index (χ0v) is 12.8. The van der Waals surface area contributed by atoms with Crippen molar-refractivity contribution in [2.75, 3.05) is 24.6 Å². The zero-order chi connectivity index (χ0) is 11.2. The molecule has 2 rings (SSSR count). The largest absolute Gasteiger partial charge is 0.122 e. The van der Waals surface area contributed by atoms with Gasteiger partial charge in [-0.2, -0.15) is 0 Å². The molecule has 0 aliphatic carbocycles. The number of hydrogen-bond acceptors (Lipinski definition) is 0. The highest BCUT2D eigenvalue weighted by atomic mass is 31.1. The van der Waals surface area contributed by atoms with E-state index in [1.165, 1.54) is 23.6 Å². The zero-order valence-electron chi connectivity index (χ0n) is 10.8. The van der Waals surface area contributed by atoms with Crippen LogP contribution in [-0.2, 0) is 0 Å². The highest BCUT2D eigenvalue weighted by Crippen LogP contribution is 2.39. The Kier molecular flexibility index (Phi) is 6.09. The van der Waals surface area contributed by atoms with Crippen molar-refractivity contribution in [1.29, 1.82) is 0 Å². The Bertz CT molecular complexity index is 181. The first-order chi connectivity index (χ1) is 7.90. The summed E-state index contributed by atoms with van der Waals surface area (Å²) in [6, 6.07) is 0. The van der Waals surface area contributed by atoms with Crippen molar-refractivity contribution in [3.8, 4) is 0 Å². The van der Waals surface area contributed by atoms with Crippen molar-refractivity contribution in [1.82, 2.24) is 0 Å². The normalized spacial score (nSPS) is 36.6. The predicted molar refractivity (Wildman–Crippen MR) is 79.9 cm³/mol. The van der Waals surface area contributed by atoms with Gasteiger partial charge in [-0.05, 0) is 74.5 Å². The first-order valence-corrected chi connectivity index (χ1v) is 10.1. The fourth-order valence-electron chi connectivity index (χ4n) is 3.55. The predicted octanol–water partition coefficient (Wildman–Crippen LogP) is 4.58. The Morgan fingerprint density at radius 1 is 0.938 bits per heavy atom. The fourth-order valence-corrected chi connectivity index (χ4v) is 6.43. The van der Waals surface area contributed by atoms with Crippen LogP contribution in [0.2, 0.25) is 0 Å². The van der Waals surface area contributed by atoms with Crippen molar-refractivity contribution in [3.05, 3.63) is 0 Å². The molecule has 0 aromatic heterocycles. The molecule has 2 saturated heterocycles. The molecule has 0 aromatic carbocycles. The van der Waals surface area contributed by atoms with Gasteiger partial charge in [-0.1, -0.05) is 13.3 Å². The van der Waals surface area contributed by atoms with E-state index in [-0.39, 0.29) is 0 Å². The molecule has 2 heteroatoms. The molecule has 2 aliphatic heterocycles. The summed E-state index contributed by atoms with van der Waals surface area (Å²) in [6.07, 6.45) is 15.5. The van der Waals surface area contributed by atoms with Gasteiger partial charge in [0.25, 0.3) is 0 Å². The van der Waals surface area contributed by atoms with Gasteiger partial charge in [-0.15, -0.1) is 17.2 Å². The molecule has 16 heavy (non-hydrogen) atoms. The summed E-state index contributed by atoms with van der Waals surface area (Å²) in [6.45, 7) is 2.44. The average molecular weight is 258 g/mol. The first kappa shape index (κ1) is 13.3. The van der Waals surface area contributed by atoms with Gasteiger partial charge in [-0.25, -0.2) is 0 Å². The van der Waals surface area contributed by atoms with E-state index >= 15 is 0 Å². The maximum Gasteiger partial charge on any atom is -0.0351 e. The summed E-state index contributed by atoms with van der Waals surface area (Å²) in [7, 11) is 2.58. The molecule has 2 fully saturated rings. The van der Waals surface area contributed by atoms with Gasteiger partial charge >= 0.3 is 0 Å². The van der Waals surface area contributed by atoms with Crippen molar-refractivity contribution < 1.29 is 0 Å². The summed E-state index contributed by atoms with van der Waals surface area (Å²) in [5.41, 5.74) is 0. The Hall–Kier alpha value is 0.860. The number of hydrogen-bond donors (Lipinski definition) is 0. The van der Waals surface area contributed by atoms with E-state index in [0.717, 1.165) is 17.8 Å². The van der Waals surface area contributed by atoms with Gasteiger partial charge in [0, 0.05) is 0 Å². The minimum Gasteiger partial charge on any atom is -0.122 e. The summed E-state index contributed by atoms with van der Waals surface area (Å²) in [5, 5.41) is 0. The van der Waals surface area contributed by atoms with Crippen molar-refractivity contribution in [2.24, 2.45) is 17.8 Å². The molecule has 94 valence electrons. The van der Waals surface area contributed by atoms with Crippen LogP contribution in [0.15, 0.2) is 0 Å². The smallest absolute Gasteiger partial charge is 0.0351 e. The molecule has 0 aromatic rings. The Balaban J connectivity index is 1.78. The molecule has 1 unspecified atom stereocenters. The standard InChI is InChI=1S/C14H28P2/c1-2-13(14-5-9-16-10-6-14)11-12-3-7-15-8-4-12/h12-16H,2-11H2,1H3. The van der Waals surface area contributed by atoms with Crippen LogP contribution in [0.3, 0.4) is 0 Å². The first-order valence-electron chi connectivity index (χ1n) is 7.31. The maximum atomic E-state index is 2.44. The topological polar surface area (TPSA) is 0 Å². The highest BCUT2D eigenvalue weighted by molar-refractivity contribution is 7.38. The van der Waals surface area contributed by atoms with Crippen molar-refractivity contribution in [3.63, 3.8) is 0 Å². The van der Waals surface area contributed by atoms with E-state index in [4.69, 9.17) is 0 Å². The third kappa shape index (κ3) is 3.96. The van der Waals surface area contributed by atoms with E-state index in [2.05, 4.69) is 6.92 Å². The van der Waals surface area contributed by atoms with Crippen LogP contribution in [-0.4, -0.2) is 24.6 Å². The van der Waals surface area contributed by atoms with E-state index in [0.29, 0.717) is 0 Å². The quantitative estimate of drug-likeness (QED) is 0.647. The van der Waals surface area contributed by atoms with Gasteiger partial charge < -0.3 is 0 Å². The second kappa shape index (κ2) is 7.33. The summed E-state index contributed by atoms with van der Waals surface area (Å²) < 4.78 is 0. The fraction of sp³-hybridized carbons (Fsp3) is 1.00. The van der Waals surface area contributed by atoms with E-state index < -0.39 is 0 Å². The monoisotopic (exact) mass is 258 g/mol.